The fourth-order valence-corrected chi connectivity index (χ4v) is 1.49. The van der Waals surface area contributed by atoms with Crippen LogP contribution in [0.2, 0.25) is 0 Å². The van der Waals surface area contributed by atoms with Crippen LogP contribution < -0.4 is 10.6 Å². The van der Waals surface area contributed by atoms with E-state index in [4.69, 9.17) is 10.2 Å². The number of aliphatic carboxylic acids is 1. The summed E-state index contributed by atoms with van der Waals surface area (Å²) in [5, 5.41) is 24.0. The van der Waals surface area contributed by atoms with Gasteiger partial charge in [0.15, 0.2) is 5.13 Å². The van der Waals surface area contributed by atoms with Crippen LogP contribution in [-0.4, -0.2) is 39.8 Å². The molecule has 1 atom stereocenters. The molecule has 0 bridgehead atoms. The molecule has 7 nitrogen and oxygen atoms in total. The first-order chi connectivity index (χ1) is 7.63. The number of aliphatic hydroxyl groups excluding tert-OH is 1. The fraction of sp³-hybridized carbons (Fsp3) is 0.375. The van der Waals surface area contributed by atoms with Gasteiger partial charge in [-0.3, -0.25) is 5.32 Å². The van der Waals surface area contributed by atoms with Gasteiger partial charge in [-0.2, -0.15) is 0 Å². The first-order valence-corrected chi connectivity index (χ1v) is 5.32. The summed E-state index contributed by atoms with van der Waals surface area (Å²) in [5.41, 5.74) is 0. The lowest BCUT2D eigenvalue weighted by atomic mass is 10.2. The number of anilines is 1. The number of amides is 2. The van der Waals surface area contributed by atoms with Gasteiger partial charge in [-0.15, -0.1) is 11.3 Å². The largest absolute Gasteiger partial charge is 0.480 e. The summed E-state index contributed by atoms with van der Waals surface area (Å²) in [6.07, 6.45) is 1.48. The Morgan fingerprint density at radius 2 is 2.31 bits per heavy atom. The third kappa shape index (κ3) is 3.83. The number of thiazole rings is 1. The molecule has 1 aromatic heterocycles. The molecule has 8 heteroatoms. The van der Waals surface area contributed by atoms with E-state index in [2.05, 4.69) is 15.6 Å². The second kappa shape index (κ2) is 6.03. The Morgan fingerprint density at radius 3 is 2.81 bits per heavy atom. The first-order valence-electron chi connectivity index (χ1n) is 4.44. The van der Waals surface area contributed by atoms with E-state index in [1.54, 1.807) is 5.38 Å². The third-order valence-electron chi connectivity index (χ3n) is 1.67. The van der Waals surface area contributed by atoms with Crippen molar-refractivity contribution in [3.8, 4) is 0 Å². The highest BCUT2D eigenvalue weighted by Gasteiger charge is 2.19. The highest BCUT2D eigenvalue weighted by Crippen LogP contribution is 2.09. The molecular formula is C8H11N3O4S. The molecule has 2 amide bonds. The molecule has 0 radical (unpaired) electrons. The number of aromatic nitrogens is 1. The number of rotatable bonds is 5. The minimum Gasteiger partial charge on any atom is -0.480 e. The van der Waals surface area contributed by atoms with E-state index in [9.17, 15) is 9.59 Å². The van der Waals surface area contributed by atoms with Crippen molar-refractivity contribution in [3.05, 3.63) is 11.6 Å². The lowest BCUT2D eigenvalue weighted by Crippen LogP contribution is -2.43. The molecule has 1 aromatic rings. The molecule has 1 heterocycles. The minimum absolute atomic E-state index is 0.0410. The number of urea groups is 1. The van der Waals surface area contributed by atoms with E-state index in [0.717, 1.165) is 0 Å². The summed E-state index contributed by atoms with van der Waals surface area (Å²) in [6.45, 7) is -0.311. The zero-order chi connectivity index (χ0) is 12.0. The molecule has 0 spiro atoms. The predicted molar refractivity (Wildman–Crippen MR) is 57.4 cm³/mol. The van der Waals surface area contributed by atoms with Gasteiger partial charge in [-0.05, 0) is 0 Å². The summed E-state index contributed by atoms with van der Waals surface area (Å²) in [4.78, 5) is 25.8. The molecule has 0 saturated carbocycles. The van der Waals surface area contributed by atoms with Crippen molar-refractivity contribution in [3.63, 3.8) is 0 Å². The summed E-state index contributed by atoms with van der Waals surface area (Å²) >= 11 is 1.22. The summed E-state index contributed by atoms with van der Waals surface area (Å²) in [6, 6.07) is -1.76. The maximum Gasteiger partial charge on any atom is 0.326 e. The van der Waals surface area contributed by atoms with Crippen LogP contribution >= 0.6 is 11.3 Å². The van der Waals surface area contributed by atoms with Crippen LogP contribution in [0.15, 0.2) is 11.6 Å². The van der Waals surface area contributed by atoms with Crippen molar-refractivity contribution in [2.75, 3.05) is 11.9 Å². The summed E-state index contributed by atoms with van der Waals surface area (Å²) < 4.78 is 0. The standard InChI is InChI=1S/C8H11N3O4S/c12-3-1-5(6(13)14)10-7(15)11-8-9-2-4-16-8/h2,4-5,12H,1,3H2,(H,13,14)(H2,9,10,11,15). The molecule has 0 aliphatic rings. The monoisotopic (exact) mass is 245 g/mol. The zero-order valence-corrected chi connectivity index (χ0v) is 9.03. The molecule has 4 N–H and O–H groups in total. The molecule has 0 saturated heterocycles. The molecule has 16 heavy (non-hydrogen) atoms. The number of carboxylic acid groups (broad SMARTS) is 1. The molecular weight excluding hydrogens is 234 g/mol. The van der Waals surface area contributed by atoms with Crippen LogP contribution in [0.3, 0.4) is 0 Å². The Labute approximate surface area is 95.1 Å². The first kappa shape index (κ1) is 12.4. The van der Waals surface area contributed by atoms with Gasteiger partial charge in [0.05, 0.1) is 0 Å². The molecule has 88 valence electrons. The average molecular weight is 245 g/mol. The number of carbonyl (C=O) groups excluding carboxylic acids is 1. The van der Waals surface area contributed by atoms with Crippen LogP contribution in [0.25, 0.3) is 0 Å². The molecule has 0 aliphatic heterocycles. The van der Waals surface area contributed by atoms with Gasteiger partial charge in [0, 0.05) is 24.6 Å². The maximum absolute atomic E-state index is 11.3. The van der Waals surface area contributed by atoms with Crippen molar-refractivity contribution in [2.24, 2.45) is 0 Å². The Morgan fingerprint density at radius 1 is 1.56 bits per heavy atom. The maximum atomic E-state index is 11.3. The Kier molecular flexibility index (Phi) is 4.67. The molecule has 0 aliphatic carbocycles. The second-order valence-corrected chi connectivity index (χ2v) is 3.73. The van der Waals surface area contributed by atoms with Gasteiger partial charge in [0.2, 0.25) is 0 Å². The van der Waals surface area contributed by atoms with Gasteiger partial charge in [0.25, 0.3) is 0 Å². The van der Waals surface area contributed by atoms with E-state index in [-0.39, 0.29) is 13.0 Å². The lowest BCUT2D eigenvalue weighted by molar-refractivity contribution is -0.139. The van der Waals surface area contributed by atoms with E-state index in [1.165, 1.54) is 17.5 Å². The molecule has 1 unspecified atom stereocenters. The number of carboxylic acids is 1. The average Bonchev–Trinajstić information content (AvgIpc) is 2.69. The van der Waals surface area contributed by atoms with Gasteiger partial charge >= 0.3 is 12.0 Å². The zero-order valence-electron chi connectivity index (χ0n) is 8.21. The van der Waals surface area contributed by atoms with Gasteiger partial charge in [-0.25, -0.2) is 14.6 Å². The fourth-order valence-electron chi connectivity index (χ4n) is 0.963. The van der Waals surface area contributed by atoms with E-state index >= 15 is 0 Å². The Hall–Kier alpha value is -1.67. The Bertz CT molecular complexity index is 354. The number of carbonyl (C=O) groups is 2. The number of nitrogens with zero attached hydrogens (tertiary/aromatic N) is 1. The highest BCUT2D eigenvalue weighted by atomic mass is 32.1. The summed E-state index contributed by atoms with van der Waals surface area (Å²) in [7, 11) is 0. The third-order valence-corrected chi connectivity index (χ3v) is 2.36. The van der Waals surface area contributed by atoms with Crippen LogP contribution in [0, 0.1) is 0 Å². The lowest BCUT2D eigenvalue weighted by Gasteiger charge is -2.12. The topological polar surface area (TPSA) is 112 Å². The quantitative estimate of drug-likeness (QED) is 0.588. The van der Waals surface area contributed by atoms with E-state index < -0.39 is 18.0 Å². The number of hydrogen-bond donors (Lipinski definition) is 4. The van der Waals surface area contributed by atoms with Crippen LogP contribution in [-0.2, 0) is 4.79 Å². The Balaban J connectivity index is 2.45. The van der Waals surface area contributed by atoms with Gasteiger partial charge in [-0.1, -0.05) is 0 Å². The minimum atomic E-state index is -1.19. The number of hydrogen-bond acceptors (Lipinski definition) is 5. The van der Waals surface area contributed by atoms with Gasteiger partial charge < -0.3 is 15.5 Å². The number of nitrogens with one attached hydrogen (secondary N) is 2. The van der Waals surface area contributed by atoms with Crippen LogP contribution in [0.1, 0.15) is 6.42 Å². The highest BCUT2D eigenvalue weighted by molar-refractivity contribution is 7.13. The smallest absolute Gasteiger partial charge is 0.326 e. The van der Waals surface area contributed by atoms with Crippen molar-refractivity contribution in [2.45, 2.75) is 12.5 Å². The van der Waals surface area contributed by atoms with Crippen molar-refractivity contribution < 1.29 is 19.8 Å². The van der Waals surface area contributed by atoms with E-state index in [0.29, 0.717) is 5.13 Å². The molecule has 1 rings (SSSR count). The van der Waals surface area contributed by atoms with Crippen molar-refractivity contribution >= 4 is 28.5 Å². The van der Waals surface area contributed by atoms with Crippen molar-refractivity contribution in [1.29, 1.82) is 0 Å². The molecule has 0 fully saturated rings. The van der Waals surface area contributed by atoms with Gasteiger partial charge in [0.1, 0.15) is 6.04 Å². The van der Waals surface area contributed by atoms with Crippen LogP contribution in [0.4, 0.5) is 9.93 Å². The van der Waals surface area contributed by atoms with Crippen LogP contribution in [0.5, 0.6) is 0 Å². The van der Waals surface area contributed by atoms with E-state index in [1.807, 2.05) is 0 Å². The molecule has 0 aromatic carbocycles. The second-order valence-electron chi connectivity index (χ2n) is 2.84. The van der Waals surface area contributed by atoms with Crippen molar-refractivity contribution in [1.82, 2.24) is 10.3 Å². The normalized spacial score (nSPS) is 11.8. The predicted octanol–water partition coefficient (Wildman–Crippen LogP) is 0.100. The summed E-state index contributed by atoms with van der Waals surface area (Å²) in [5.74, 6) is -1.19. The number of aliphatic hydroxyl groups is 1. The SMILES string of the molecule is O=C(Nc1nccs1)NC(CCO)C(=O)O.